The first kappa shape index (κ1) is 14.8. The number of carbonyl (C=O) groups is 2. The Morgan fingerprint density at radius 3 is 2.33 bits per heavy atom. The van der Waals surface area contributed by atoms with Crippen LogP contribution >= 0.6 is 0 Å². The molecule has 3 aliphatic rings. The van der Waals surface area contributed by atoms with Crippen molar-refractivity contribution in [3.05, 3.63) is 0 Å². The SMILES string of the molecule is CC12CCC(C1)C(C)(C)C2NC(=O)[C@@H]1CC[C@H](C(=O)O)O1. The molecule has 5 heteroatoms. The van der Waals surface area contributed by atoms with Crippen LogP contribution in [0, 0.1) is 16.7 Å². The van der Waals surface area contributed by atoms with Gasteiger partial charge in [0.25, 0.3) is 0 Å². The third kappa shape index (κ3) is 2.26. The average molecular weight is 295 g/mol. The zero-order valence-electron chi connectivity index (χ0n) is 13.0. The number of carboxylic acids is 1. The molecule has 2 saturated carbocycles. The molecule has 2 bridgehead atoms. The molecule has 3 rings (SSSR count). The first-order valence-electron chi connectivity index (χ1n) is 7.93. The largest absolute Gasteiger partial charge is 0.479 e. The quantitative estimate of drug-likeness (QED) is 0.834. The zero-order chi connectivity index (χ0) is 15.4. The summed E-state index contributed by atoms with van der Waals surface area (Å²) in [5.74, 6) is -0.438. The summed E-state index contributed by atoms with van der Waals surface area (Å²) in [4.78, 5) is 23.4. The van der Waals surface area contributed by atoms with Crippen LogP contribution in [0.2, 0.25) is 0 Å². The highest BCUT2D eigenvalue weighted by Gasteiger charge is 2.60. The summed E-state index contributed by atoms with van der Waals surface area (Å²) in [7, 11) is 0. The van der Waals surface area contributed by atoms with Crippen LogP contribution in [0.3, 0.4) is 0 Å². The molecule has 5 atom stereocenters. The second-order valence-electron chi connectivity index (χ2n) is 7.89. The van der Waals surface area contributed by atoms with Crippen LogP contribution in [0.5, 0.6) is 0 Å². The molecule has 1 aliphatic heterocycles. The summed E-state index contributed by atoms with van der Waals surface area (Å²) >= 11 is 0. The smallest absolute Gasteiger partial charge is 0.332 e. The topological polar surface area (TPSA) is 75.6 Å². The van der Waals surface area contributed by atoms with Crippen LogP contribution in [-0.2, 0) is 14.3 Å². The van der Waals surface area contributed by atoms with E-state index in [1.807, 2.05) is 0 Å². The van der Waals surface area contributed by atoms with Crippen molar-refractivity contribution in [2.24, 2.45) is 16.7 Å². The number of nitrogens with one attached hydrogen (secondary N) is 1. The maximum atomic E-state index is 12.4. The van der Waals surface area contributed by atoms with Crippen molar-refractivity contribution in [1.29, 1.82) is 0 Å². The van der Waals surface area contributed by atoms with Crippen molar-refractivity contribution in [3.8, 4) is 0 Å². The van der Waals surface area contributed by atoms with E-state index in [1.165, 1.54) is 12.8 Å². The van der Waals surface area contributed by atoms with E-state index in [0.29, 0.717) is 18.8 Å². The highest BCUT2D eigenvalue weighted by atomic mass is 16.5. The molecule has 1 heterocycles. The van der Waals surface area contributed by atoms with Gasteiger partial charge in [-0.3, -0.25) is 4.79 Å². The van der Waals surface area contributed by atoms with Crippen molar-refractivity contribution in [2.75, 3.05) is 0 Å². The summed E-state index contributed by atoms with van der Waals surface area (Å²) in [6.07, 6.45) is 3.06. The Morgan fingerprint density at radius 2 is 1.81 bits per heavy atom. The van der Waals surface area contributed by atoms with Crippen LogP contribution in [0.4, 0.5) is 0 Å². The van der Waals surface area contributed by atoms with Crippen molar-refractivity contribution in [3.63, 3.8) is 0 Å². The second-order valence-corrected chi connectivity index (χ2v) is 7.89. The minimum atomic E-state index is -0.975. The van der Waals surface area contributed by atoms with E-state index in [0.717, 1.165) is 6.42 Å². The van der Waals surface area contributed by atoms with E-state index >= 15 is 0 Å². The molecule has 5 nitrogen and oxygen atoms in total. The van der Waals surface area contributed by atoms with Gasteiger partial charge in [-0.25, -0.2) is 4.79 Å². The van der Waals surface area contributed by atoms with E-state index < -0.39 is 18.2 Å². The van der Waals surface area contributed by atoms with E-state index in [2.05, 4.69) is 26.1 Å². The van der Waals surface area contributed by atoms with E-state index in [1.54, 1.807) is 0 Å². The molecule has 0 aromatic rings. The number of amides is 1. The summed E-state index contributed by atoms with van der Waals surface area (Å²) in [5, 5.41) is 12.1. The van der Waals surface area contributed by atoms with Crippen LogP contribution in [-0.4, -0.2) is 35.2 Å². The van der Waals surface area contributed by atoms with Crippen molar-refractivity contribution < 1.29 is 19.4 Å². The first-order chi connectivity index (χ1) is 9.74. The Morgan fingerprint density at radius 1 is 1.14 bits per heavy atom. The summed E-state index contributed by atoms with van der Waals surface area (Å²) in [6.45, 7) is 6.74. The lowest BCUT2D eigenvalue weighted by molar-refractivity contribution is -0.152. The minimum Gasteiger partial charge on any atom is -0.479 e. The van der Waals surface area contributed by atoms with Gasteiger partial charge < -0.3 is 15.2 Å². The molecule has 0 spiro atoms. The Bertz CT molecular complexity index is 470. The van der Waals surface area contributed by atoms with Crippen LogP contribution in [0.1, 0.15) is 52.9 Å². The Labute approximate surface area is 125 Å². The molecule has 3 unspecified atom stereocenters. The van der Waals surface area contributed by atoms with E-state index in [4.69, 9.17) is 9.84 Å². The molecule has 0 radical (unpaired) electrons. The predicted molar refractivity (Wildman–Crippen MR) is 76.7 cm³/mol. The average Bonchev–Trinajstić information content (AvgIpc) is 3.05. The molecule has 2 N–H and O–H groups in total. The third-order valence-electron chi connectivity index (χ3n) is 6.14. The van der Waals surface area contributed by atoms with Gasteiger partial charge in [-0.05, 0) is 48.9 Å². The first-order valence-corrected chi connectivity index (χ1v) is 7.93. The molecule has 1 amide bonds. The van der Waals surface area contributed by atoms with Crippen LogP contribution < -0.4 is 5.32 Å². The van der Waals surface area contributed by atoms with Gasteiger partial charge in [0.2, 0.25) is 5.91 Å². The fourth-order valence-corrected chi connectivity index (χ4v) is 4.91. The maximum absolute atomic E-state index is 12.4. The van der Waals surface area contributed by atoms with Crippen molar-refractivity contribution in [2.45, 2.75) is 71.1 Å². The highest BCUT2D eigenvalue weighted by Crippen LogP contribution is 2.62. The molecule has 21 heavy (non-hydrogen) atoms. The number of aliphatic carboxylic acids is 1. The predicted octanol–water partition coefficient (Wildman–Crippen LogP) is 1.95. The molecule has 3 fully saturated rings. The number of rotatable bonds is 3. The molecular weight excluding hydrogens is 270 g/mol. The molecule has 118 valence electrons. The number of fused-ring (bicyclic) bond motifs is 2. The number of hydrogen-bond acceptors (Lipinski definition) is 3. The molecule has 2 aliphatic carbocycles. The Balaban J connectivity index is 1.67. The van der Waals surface area contributed by atoms with E-state index in [-0.39, 0.29) is 22.8 Å². The minimum absolute atomic E-state index is 0.105. The summed E-state index contributed by atoms with van der Waals surface area (Å²) in [6, 6.07) is 0.156. The highest BCUT2D eigenvalue weighted by molar-refractivity contribution is 5.83. The lowest BCUT2D eigenvalue weighted by atomic mass is 9.68. The molecule has 1 saturated heterocycles. The van der Waals surface area contributed by atoms with Gasteiger partial charge in [0.1, 0.15) is 6.10 Å². The zero-order valence-corrected chi connectivity index (χ0v) is 13.0. The van der Waals surface area contributed by atoms with Gasteiger partial charge >= 0.3 is 5.97 Å². The number of ether oxygens (including phenoxy) is 1. The lowest BCUT2D eigenvalue weighted by Gasteiger charge is -2.43. The molecular formula is C16H25NO4. The fraction of sp³-hybridized carbons (Fsp3) is 0.875. The third-order valence-corrected chi connectivity index (χ3v) is 6.14. The number of hydrogen-bond donors (Lipinski definition) is 2. The summed E-state index contributed by atoms with van der Waals surface area (Å²) in [5.41, 5.74) is 0.280. The Kier molecular flexibility index (Phi) is 3.32. The van der Waals surface area contributed by atoms with Gasteiger partial charge in [0.15, 0.2) is 6.10 Å². The standard InChI is InChI=1S/C16H25NO4/c1-15(2)9-6-7-16(3,8-9)14(15)17-12(18)10-4-5-11(21-10)13(19)20/h9-11,14H,4-8H2,1-3H3,(H,17,18)(H,19,20)/t9?,10-,11+,14?,16?/m0/s1. The van der Waals surface area contributed by atoms with Gasteiger partial charge in [-0.2, -0.15) is 0 Å². The maximum Gasteiger partial charge on any atom is 0.332 e. The van der Waals surface area contributed by atoms with Crippen molar-refractivity contribution >= 4 is 11.9 Å². The second kappa shape index (κ2) is 4.70. The van der Waals surface area contributed by atoms with E-state index in [9.17, 15) is 9.59 Å². The lowest BCUT2D eigenvalue weighted by Crippen LogP contribution is -2.54. The number of carbonyl (C=O) groups excluding carboxylic acids is 1. The van der Waals surface area contributed by atoms with Crippen LogP contribution in [0.15, 0.2) is 0 Å². The fourth-order valence-electron chi connectivity index (χ4n) is 4.91. The van der Waals surface area contributed by atoms with Gasteiger partial charge in [-0.15, -0.1) is 0 Å². The van der Waals surface area contributed by atoms with Gasteiger partial charge in [0, 0.05) is 6.04 Å². The molecule has 0 aromatic carbocycles. The van der Waals surface area contributed by atoms with Gasteiger partial charge in [0.05, 0.1) is 0 Å². The van der Waals surface area contributed by atoms with Crippen molar-refractivity contribution in [1.82, 2.24) is 5.32 Å². The number of carboxylic acid groups (broad SMARTS) is 1. The Hall–Kier alpha value is -1.10. The van der Waals surface area contributed by atoms with Crippen LogP contribution in [0.25, 0.3) is 0 Å². The summed E-state index contributed by atoms with van der Waals surface area (Å²) < 4.78 is 5.36. The normalized spacial score (nSPS) is 44.0. The van der Waals surface area contributed by atoms with Gasteiger partial charge in [-0.1, -0.05) is 20.8 Å². The monoisotopic (exact) mass is 295 g/mol. The molecule has 0 aromatic heterocycles.